The summed E-state index contributed by atoms with van der Waals surface area (Å²) in [5.41, 5.74) is -3.94. The van der Waals surface area contributed by atoms with Crippen molar-refractivity contribution in [1.82, 2.24) is 14.5 Å². The van der Waals surface area contributed by atoms with Gasteiger partial charge in [-0.3, -0.25) is 13.9 Å². The first kappa shape index (κ1) is 30.9. The number of alkyl halides is 3. The zero-order chi connectivity index (χ0) is 29.8. The summed E-state index contributed by atoms with van der Waals surface area (Å²) < 4.78 is 67.3. The average molecular weight is 630 g/mol. The molecular weight excluding hydrogens is 602 g/mol. The summed E-state index contributed by atoms with van der Waals surface area (Å²) in [5.74, 6) is -0.713. The fraction of sp³-hybridized carbons (Fsp3) is 0.370. The molecule has 0 aliphatic carbocycles. The molecule has 0 saturated carbocycles. The van der Waals surface area contributed by atoms with E-state index in [0.29, 0.717) is 17.4 Å². The van der Waals surface area contributed by atoms with E-state index in [4.69, 9.17) is 9.47 Å². The van der Waals surface area contributed by atoms with E-state index in [9.17, 15) is 31.9 Å². The molecule has 0 aliphatic rings. The summed E-state index contributed by atoms with van der Waals surface area (Å²) in [7, 11) is 1.44. The van der Waals surface area contributed by atoms with Crippen LogP contribution in [-0.4, -0.2) is 27.9 Å². The number of para-hydroxylation sites is 1. The second-order valence-corrected chi connectivity index (χ2v) is 10.7. The number of nitrogens with one attached hydrogen (secondary N) is 1. The van der Waals surface area contributed by atoms with E-state index in [-0.39, 0.29) is 17.4 Å². The van der Waals surface area contributed by atoms with E-state index in [1.165, 1.54) is 7.11 Å². The van der Waals surface area contributed by atoms with Crippen LogP contribution in [-0.2, 0) is 24.0 Å². The van der Waals surface area contributed by atoms with Gasteiger partial charge >= 0.3 is 18.0 Å². The van der Waals surface area contributed by atoms with Crippen LogP contribution in [0, 0.1) is 5.82 Å². The van der Waals surface area contributed by atoms with Gasteiger partial charge in [-0.05, 0) is 61.3 Å². The third kappa shape index (κ3) is 7.52. The third-order valence-electron chi connectivity index (χ3n) is 5.79. The number of methoxy groups -OCH3 is 1. The number of carbonyl (C=O) groups is 1. The number of halogens is 5. The topological polar surface area (TPSA) is 91.6 Å². The summed E-state index contributed by atoms with van der Waals surface area (Å²) in [4.78, 5) is 38.7. The van der Waals surface area contributed by atoms with E-state index in [0.717, 1.165) is 27.5 Å². The second-order valence-electron chi connectivity index (χ2n) is 9.84. The van der Waals surface area contributed by atoms with E-state index >= 15 is 0 Å². The molecule has 1 amide bonds. The van der Waals surface area contributed by atoms with Gasteiger partial charge in [0.2, 0.25) is 0 Å². The molecule has 0 radical (unpaired) electrons. The first-order valence-electron chi connectivity index (χ1n) is 12.1. The van der Waals surface area contributed by atoms with Gasteiger partial charge in [0.25, 0.3) is 5.56 Å². The maximum Gasteiger partial charge on any atom is 0.416 e. The lowest BCUT2D eigenvalue weighted by Crippen LogP contribution is -2.41. The van der Waals surface area contributed by atoms with E-state index in [1.54, 1.807) is 45.0 Å². The second kappa shape index (κ2) is 12.3. The highest BCUT2D eigenvalue weighted by molar-refractivity contribution is 9.10. The summed E-state index contributed by atoms with van der Waals surface area (Å²) in [5, 5.41) is 2.72. The Bertz CT molecular complexity index is 1500. The quantitative estimate of drug-likeness (QED) is 0.326. The molecule has 8 nitrogen and oxygen atoms in total. The molecule has 13 heteroatoms. The number of amides is 1. The minimum atomic E-state index is -4.86. The first-order chi connectivity index (χ1) is 18.6. The minimum Gasteiger partial charge on any atom is -0.496 e. The van der Waals surface area contributed by atoms with Crippen LogP contribution in [0.15, 0.2) is 62.7 Å². The van der Waals surface area contributed by atoms with Crippen LogP contribution in [0.4, 0.5) is 22.4 Å². The number of aromatic nitrogens is 2. The number of hydrogen-bond acceptors (Lipinski definition) is 5. The number of alkyl carbamates (subject to hydrolysis) is 1. The Labute approximate surface area is 235 Å². The van der Waals surface area contributed by atoms with Gasteiger partial charge in [-0.2, -0.15) is 13.2 Å². The number of carbonyl (C=O) groups excluding carboxylic acids is 1. The zero-order valence-electron chi connectivity index (χ0n) is 22.1. The normalized spacial score (nSPS) is 12.6. The van der Waals surface area contributed by atoms with Gasteiger partial charge in [-0.25, -0.2) is 14.0 Å². The van der Waals surface area contributed by atoms with Crippen molar-refractivity contribution in [3.8, 4) is 5.75 Å². The monoisotopic (exact) mass is 629 g/mol. The van der Waals surface area contributed by atoms with Crippen molar-refractivity contribution in [1.29, 1.82) is 0 Å². The van der Waals surface area contributed by atoms with Crippen molar-refractivity contribution < 1.29 is 31.8 Å². The van der Waals surface area contributed by atoms with Gasteiger partial charge in [-0.15, -0.1) is 0 Å². The Kier molecular flexibility index (Phi) is 9.49. The molecule has 3 aromatic rings. The average Bonchev–Trinajstić information content (AvgIpc) is 2.85. The Morgan fingerprint density at radius 1 is 1.07 bits per heavy atom. The Hall–Kier alpha value is -3.61. The fourth-order valence-electron chi connectivity index (χ4n) is 4.05. The third-order valence-corrected chi connectivity index (χ3v) is 6.34. The predicted molar refractivity (Wildman–Crippen MR) is 143 cm³/mol. The minimum absolute atomic E-state index is 0.00127. The van der Waals surface area contributed by atoms with Gasteiger partial charge in [-0.1, -0.05) is 24.3 Å². The van der Waals surface area contributed by atoms with E-state index in [1.807, 2.05) is 0 Å². The number of ether oxygens (including phenoxy) is 2. The highest BCUT2D eigenvalue weighted by Gasteiger charge is 2.34. The lowest BCUT2D eigenvalue weighted by atomic mass is 10.0. The number of rotatable bonds is 8. The summed E-state index contributed by atoms with van der Waals surface area (Å²) in [6, 6.07) is 8.53. The molecular formula is C27H28BrF4N3O5. The van der Waals surface area contributed by atoms with Crippen molar-refractivity contribution in [2.24, 2.45) is 0 Å². The van der Waals surface area contributed by atoms with Gasteiger partial charge in [0.1, 0.15) is 17.2 Å². The SMILES string of the molecule is COc1ccccc1[C@H](CCn1c(=O)c(Br)cn(Cc2c(F)cccc2C(F)(F)F)c1=O)NC(=O)OC(C)(C)C. The number of hydrogen-bond donors (Lipinski definition) is 1. The summed E-state index contributed by atoms with van der Waals surface area (Å²) in [6.07, 6.45) is -4.59. The lowest BCUT2D eigenvalue weighted by molar-refractivity contribution is -0.138. The van der Waals surface area contributed by atoms with Crippen molar-refractivity contribution >= 4 is 22.0 Å². The molecule has 0 saturated heterocycles. The largest absolute Gasteiger partial charge is 0.496 e. The molecule has 3 rings (SSSR count). The lowest BCUT2D eigenvalue weighted by Gasteiger charge is -2.25. The molecule has 40 heavy (non-hydrogen) atoms. The zero-order valence-corrected chi connectivity index (χ0v) is 23.7. The molecule has 1 atom stereocenters. The first-order valence-corrected chi connectivity index (χ1v) is 12.9. The van der Waals surface area contributed by atoms with Crippen molar-refractivity contribution in [2.45, 2.75) is 58.1 Å². The molecule has 0 aliphatic heterocycles. The molecule has 2 aromatic carbocycles. The predicted octanol–water partition coefficient (Wildman–Crippen LogP) is 5.64. The van der Waals surface area contributed by atoms with Gasteiger partial charge in [0.15, 0.2) is 0 Å². The Balaban J connectivity index is 2.00. The number of benzene rings is 2. The maximum absolute atomic E-state index is 14.5. The van der Waals surface area contributed by atoms with Gasteiger partial charge < -0.3 is 14.8 Å². The maximum atomic E-state index is 14.5. The highest BCUT2D eigenvalue weighted by Crippen LogP contribution is 2.33. The van der Waals surface area contributed by atoms with Crippen LogP contribution in [0.1, 0.15) is 49.9 Å². The molecule has 0 bridgehead atoms. The number of nitrogens with zero attached hydrogens (tertiary/aromatic N) is 2. The molecule has 1 N–H and O–H groups in total. The van der Waals surface area contributed by atoms with Crippen LogP contribution in [0.25, 0.3) is 0 Å². The Morgan fingerprint density at radius 3 is 2.38 bits per heavy atom. The van der Waals surface area contributed by atoms with Crippen LogP contribution in [0.5, 0.6) is 5.75 Å². The molecule has 1 aromatic heterocycles. The molecule has 0 fully saturated rings. The summed E-state index contributed by atoms with van der Waals surface area (Å²) >= 11 is 3.05. The molecule has 0 spiro atoms. The van der Waals surface area contributed by atoms with Crippen LogP contribution in [0.3, 0.4) is 0 Å². The van der Waals surface area contributed by atoms with Crippen molar-refractivity contribution in [2.75, 3.05) is 7.11 Å². The Morgan fingerprint density at radius 2 is 1.75 bits per heavy atom. The van der Waals surface area contributed by atoms with Crippen molar-refractivity contribution in [3.63, 3.8) is 0 Å². The van der Waals surface area contributed by atoms with Crippen LogP contribution >= 0.6 is 15.9 Å². The van der Waals surface area contributed by atoms with E-state index < -0.39 is 58.7 Å². The summed E-state index contributed by atoms with van der Waals surface area (Å²) in [6.45, 7) is 4.04. The van der Waals surface area contributed by atoms with Gasteiger partial charge in [0, 0.05) is 23.9 Å². The molecule has 0 unspecified atom stereocenters. The fourth-order valence-corrected chi connectivity index (χ4v) is 4.51. The standard InChI is InChI=1S/C27H28BrF4N3O5/c1-26(2,3)40-24(37)33-21(16-8-5-6-11-22(16)39-4)12-13-35-23(36)19(28)15-34(25(35)38)14-17-18(27(30,31)32)9-7-10-20(17)29/h5-11,15,21H,12-14H2,1-4H3,(H,33,37)/t21-/m0/s1. The van der Waals surface area contributed by atoms with E-state index in [2.05, 4.69) is 21.2 Å². The van der Waals surface area contributed by atoms with Crippen molar-refractivity contribution in [3.05, 3.63) is 96.5 Å². The van der Waals surface area contributed by atoms with Crippen LogP contribution in [0.2, 0.25) is 0 Å². The van der Waals surface area contributed by atoms with Gasteiger partial charge in [0.05, 0.1) is 29.7 Å². The molecule has 216 valence electrons. The smallest absolute Gasteiger partial charge is 0.416 e. The highest BCUT2D eigenvalue weighted by atomic mass is 79.9. The molecule has 1 heterocycles. The van der Waals surface area contributed by atoms with Crippen LogP contribution < -0.4 is 21.3 Å².